The van der Waals surface area contributed by atoms with Crippen molar-refractivity contribution in [3.63, 3.8) is 0 Å². The van der Waals surface area contributed by atoms with Crippen LogP contribution in [0.5, 0.6) is 5.75 Å². The largest absolute Gasteiger partial charge is 0.507 e. The predicted octanol–water partition coefficient (Wildman–Crippen LogP) is 5.92. The van der Waals surface area contributed by atoms with Gasteiger partial charge in [0.2, 0.25) is 11.8 Å². The Morgan fingerprint density at radius 2 is 1.52 bits per heavy atom. The maximum absolute atomic E-state index is 12.2. The number of phenolic OH excluding ortho intramolecular Hbond substituents is 1. The Morgan fingerprint density at radius 1 is 0.939 bits per heavy atom. The lowest BCUT2D eigenvalue weighted by atomic mass is 10.0. The molecule has 0 saturated carbocycles. The first-order valence-corrected chi connectivity index (χ1v) is 13.6. The molecule has 0 aliphatic heterocycles. The fourth-order valence-corrected chi connectivity index (χ4v) is 4.57. The van der Waals surface area contributed by atoms with Gasteiger partial charge in [-0.3, -0.25) is 15.0 Å². The second-order valence-corrected chi connectivity index (χ2v) is 10.4. The average molecular weight is 480 g/mol. The first-order valence-electron chi connectivity index (χ1n) is 12.5. The van der Waals surface area contributed by atoms with Crippen molar-refractivity contribution in [1.82, 2.24) is 10.9 Å². The molecule has 0 aromatic heterocycles. The molecule has 0 aliphatic carbocycles. The van der Waals surface area contributed by atoms with E-state index < -0.39 is 0 Å². The number of phenols is 1. The number of aromatic hydroxyl groups is 1. The number of rotatable bonds is 17. The number of anilines is 1. The Morgan fingerprint density at radius 3 is 2.12 bits per heavy atom. The molecule has 2 amide bonds. The summed E-state index contributed by atoms with van der Waals surface area (Å²) in [7, 11) is 0. The fourth-order valence-electron chi connectivity index (χ4n) is 3.63. The van der Waals surface area contributed by atoms with Crippen molar-refractivity contribution >= 4 is 29.3 Å². The molecule has 1 aromatic carbocycles. The summed E-state index contributed by atoms with van der Waals surface area (Å²) < 4.78 is 0. The molecule has 1 unspecified atom stereocenters. The second kappa shape index (κ2) is 16.8. The molecule has 4 N–H and O–H groups in total. The number of aryl methyl sites for hydroxylation is 1. The highest BCUT2D eigenvalue weighted by molar-refractivity contribution is 8.00. The topological polar surface area (TPSA) is 90.5 Å². The smallest absolute Gasteiger partial charge is 0.246 e. The van der Waals surface area contributed by atoms with Crippen LogP contribution in [0.2, 0.25) is 0 Å². The van der Waals surface area contributed by atoms with E-state index >= 15 is 0 Å². The van der Waals surface area contributed by atoms with Crippen LogP contribution < -0.4 is 16.2 Å². The summed E-state index contributed by atoms with van der Waals surface area (Å²) in [5, 5.41) is 12.6. The number of hydrazine groups is 1. The molecule has 0 radical (unpaired) electrons. The molecule has 0 fully saturated rings. The standard InChI is InChI=1S/C26H45N3O3S/c1-6-7-8-9-10-11-12-13-14-15-16-33-22(5)26(32)29-27-18-24(30)28-23-17-19(2)25(31)21(4)20(23)3/h17,22,27,31H,6-16,18H2,1-5H3,(H,28,30)(H,29,32). The number of hydrogen-bond donors (Lipinski definition) is 4. The predicted molar refractivity (Wildman–Crippen MR) is 141 cm³/mol. The van der Waals surface area contributed by atoms with E-state index in [2.05, 4.69) is 23.1 Å². The van der Waals surface area contributed by atoms with Crippen molar-refractivity contribution < 1.29 is 14.7 Å². The van der Waals surface area contributed by atoms with E-state index in [4.69, 9.17) is 0 Å². The molecule has 1 rings (SSSR count). The summed E-state index contributed by atoms with van der Waals surface area (Å²) in [5.41, 5.74) is 8.29. The lowest BCUT2D eigenvalue weighted by molar-refractivity contribution is -0.121. The Kier molecular flexibility index (Phi) is 14.9. The molecule has 1 aromatic rings. The number of nitrogens with one attached hydrogen (secondary N) is 3. The molecular weight excluding hydrogens is 434 g/mol. The van der Waals surface area contributed by atoms with Crippen molar-refractivity contribution in [3.05, 3.63) is 22.8 Å². The van der Waals surface area contributed by atoms with Crippen molar-refractivity contribution in [2.24, 2.45) is 0 Å². The number of carbonyl (C=O) groups excluding carboxylic acids is 2. The van der Waals surface area contributed by atoms with Crippen LogP contribution in [0.1, 0.15) is 94.7 Å². The van der Waals surface area contributed by atoms with E-state index in [-0.39, 0.29) is 29.4 Å². The van der Waals surface area contributed by atoms with Crippen molar-refractivity contribution in [2.45, 2.75) is 104 Å². The van der Waals surface area contributed by atoms with E-state index in [1.54, 1.807) is 24.8 Å². The van der Waals surface area contributed by atoms with Crippen LogP contribution in [0.25, 0.3) is 0 Å². The Bertz CT molecular complexity index is 740. The SMILES string of the molecule is CCCCCCCCCCCCSC(C)C(=O)NNCC(=O)Nc1cc(C)c(O)c(C)c1C. The minimum Gasteiger partial charge on any atom is -0.507 e. The number of thioether (sulfide) groups is 1. The quantitative estimate of drug-likeness (QED) is 0.126. The summed E-state index contributed by atoms with van der Waals surface area (Å²) in [5.74, 6) is 0.853. The van der Waals surface area contributed by atoms with Gasteiger partial charge < -0.3 is 10.4 Å². The first kappa shape index (κ1) is 29.3. The summed E-state index contributed by atoms with van der Waals surface area (Å²) in [6, 6.07) is 1.75. The van der Waals surface area contributed by atoms with Crippen LogP contribution in [0, 0.1) is 20.8 Å². The fraction of sp³-hybridized carbons (Fsp3) is 0.692. The first-order chi connectivity index (χ1) is 15.8. The van der Waals surface area contributed by atoms with E-state index in [9.17, 15) is 14.7 Å². The lowest BCUT2D eigenvalue weighted by Crippen LogP contribution is -2.45. The normalized spacial score (nSPS) is 11.9. The third kappa shape index (κ3) is 11.8. The Labute approximate surface area is 205 Å². The van der Waals surface area contributed by atoms with Gasteiger partial charge in [0.15, 0.2) is 0 Å². The van der Waals surface area contributed by atoms with Crippen LogP contribution in [-0.4, -0.2) is 34.5 Å². The summed E-state index contributed by atoms with van der Waals surface area (Å²) in [4.78, 5) is 24.4. The molecule has 0 bridgehead atoms. The van der Waals surface area contributed by atoms with Crippen LogP contribution >= 0.6 is 11.8 Å². The molecule has 0 saturated heterocycles. The minimum atomic E-state index is -0.256. The van der Waals surface area contributed by atoms with Gasteiger partial charge in [-0.2, -0.15) is 0 Å². The highest BCUT2D eigenvalue weighted by Gasteiger charge is 2.14. The van der Waals surface area contributed by atoms with Gasteiger partial charge in [-0.1, -0.05) is 64.7 Å². The third-order valence-corrected chi connectivity index (χ3v) is 7.26. The number of carbonyl (C=O) groups is 2. The minimum absolute atomic E-state index is 0.0278. The molecule has 0 aliphatic rings. The lowest BCUT2D eigenvalue weighted by Gasteiger charge is -2.15. The molecule has 0 spiro atoms. The molecule has 7 heteroatoms. The molecule has 0 heterocycles. The van der Waals surface area contributed by atoms with Crippen molar-refractivity contribution in [2.75, 3.05) is 17.6 Å². The van der Waals surface area contributed by atoms with Crippen LogP contribution in [0.4, 0.5) is 5.69 Å². The van der Waals surface area contributed by atoms with Gasteiger partial charge in [-0.25, -0.2) is 5.43 Å². The zero-order chi connectivity index (χ0) is 24.6. The van der Waals surface area contributed by atoms with Gasteiger partial charge in [0.1, 0.15) is 5.75 Å². The molecule has 33 heavy (non-hydrogen) atoms. The van der Waals surface area contributed by atoms with E-state index in [0.29, 0.717) is 11.3 Å². The van der Waals surface area contributed by atoms with Gasteiger partial charge in [-0.15, -0.1) is 11.8 Å². The second-order valence-electron chi connectivity index (χ2n) is 8.93. The Balaban J connectivity index is 2.13. The molecule has 1 atom stereocenters. The highest BCUT2D eigenvalue weighted by Crippen LogP contribution is 2.30. The van der Waals surface area contributed by atoms with E-state index in [1.165, 1.54) is 57.8 Å². The van der Waals surface area contributed by atoms with Gasteiger partial charge in [0.05, 0.1) is 11.8 Å². The highest BCUT2D eigenvalue weighted by atomic mass is 32.2. The van der Waals surface area contributed by atoms with Crippen molar-refractivity contribution in [3.8, 4) is 5.75 Å². The van der Waals surface area contributed by atoms with Gasteiger partial charge >= 0.3 is 0 Å². The van der Waals surface area contributed by atoms with Gasteiger partial charge in [-0.05, 0) is 62.6 Å². The summed E-state index contributed by atoms with van der Waals surface area (Å²) >= 11 is 1.65. The molecular formula is C26H45N3O3S. The van der Waals surface area contributed by atoms with Gasteiger partial charge in [0.25, 0.3) is 0 Å². The number of amides is 2. The maximum atomic E-state index is 12.2. The molecule has 6 nitrogen and oxygen atoms in total. The zero-order valence-corrected chi connectivity index (χ0v) is 22.1. The summed E-state index contributed by atoms with van der Waals surface area (Å²) in [6.45, 7) is 9.59. The van der Waals surface area contributed by atoms with Gasteiger partial charge in [0, 0.05) is 5.69 Å². The summed E-state index contributed by atoms with van der Waals surface area (Å²) in [6.07, 6.45) is 13.1. The number of hydrogen-bond acceptors (Lipinski definition) is 5. The van der Waals surface area contributed by atoms with Crippen LogP contribution in [0.3, 0.4) is 0 Å². The average Bonchev–Trinajstić information content (AvgIpc) is 2.79. The van der Waals surface area contributed by atoms with E-state index in [1.807, 2.05) is 20.8 Å². The van der Waals surface area contributed by atoms with E-state index in [0.717, 1.165) is 23.3 Å². The third-order valence-electron chi connectivity index (χ3n) is 6.03. The molecule has 188 valence electrons. The number of benzene rings is 1. The number of unbranched alkanes of at least 4 members (excludes halogenated alkanes) is 9. The monoisotopic (exact) mass is 479 g/mol. The van der Waals surface area contributed by atoms with Crippen molar-refractivity contribution in [1.29, 1.82) is 0 Å². The maximum Gasteiger partial charge on any atom is 0.246 e. The zero-order valence-electron chi connectivity index (χ0n) is 21.3. The van der Waals surface area contributed by atoms with Crippen LogP contribution in [-0.2, 0) is 9.59 Å². The van der Waals surface area contributed by atoms with Crippen LogP contribution in [0.15, 0.2) is 6.07 Å². The Hall–Kier alpha value is -1.73.